The van der Waals surface area contributed by atoms with Gasteiger partial charge in [0.05, 0.1) is 16.4 Å². The molecule has 1 aliphatic rings. The van der Waals surface area contributed by atoms with Gasteiger partial charge in [0.1, 0.15) is 0 Å². The minimum Gasteiger partial charge on any atom is -0.314 e. The third-order valence-corrected chi connectivity index (χ3v) is 4.54. The Balaban J connectivity index is 1.90. The standard InChI is InChI=1S/C15H26BrN3/c1-3-9-17-14(12-5-6-12)7-8-15-13(16)11-18-19(15)10-4-2/h11-12,14,17H,3-10H2,1-2H3. The predicted octanol–water partition coefficient (Wildman–Crippen LogP) is 3.77. The molecule has 2 rings (SSSR count). The van der Waals surface area contributed by atoms with Crippen LogP contribution in [0.15, 0.2) is 10.7 Å². The number of nitrogens with zero attached hydrogens (tertiary/aromatic N) is 2. The Morgan fingerprint density at radius 2 is 2.21 bits per heavy atom. The zero-order valence-corrected chi connectivity index (χ0v) is 13.7. The molecular weight excluding hydrogens is 302 g/mol. The van der Waals surface area contributed by atoms with E-state index in [0.717, 1.165) is 31.8 Å². The summed E-state index contributed by atoms with van der Waals surface area (Å²) in [4.78, 5) is 0. The summed E-state index contributed by atoms with van der Waals surface area (Å²) in [6.45, 7) is 6.62. The Hall–Kier alpha value is -0.350. The molecule has 1 N–H and O–H groups in total. The number of hydrogen-bond donors (Lipinski definition) is 1. The van der Waals surface area contributed by atoms with E-state index in [1.807, 2.05) is 6.20 Å². The highest BCUT2D eigenvalue weighted by Crippen LogP contribution is 2.35. The number of aromatic nitrogens is 2. The van der Waals surface area contributed by atoms with E-state index >= 15 is 0 Å². The molecule has 0 bridgehead atoms. The highest BCUT2D eigenvalue weighted by Gasteiger charge is 2.30. The number of nitrogens with one attached hydrogen (secondary N) is 1. The van der Waals surface area contributed by atoms with Crippen molar-refractivity contribution in [1.29, 1.82) is 0 Å². The van der Waals surface area contributed by atoms with Crippen LogP contribution in [0.2, 0.25) is 0 Å². The lowest BCUT2D eigenvalue weighted by Crippen LogP contribution is -2.32. The van der Waals surface area contributed by atoms with Gasteiger partial charge in [-0.15, -0.1) is 0 Å². The van der Waals surface area contributed by atoms with Crippen LogP contribution in [0, 0.1) is 5.92 Å². The van der Waals surface area contributed by atoms with Crippen LogP contribution in [-0.2, 0) is 13.0 Å². The molecule has 1 heterocycles. The van der Waals surface area contributed by atoms with E-state index < -0.39 is 0 Å². The number of halogens is 1. The first kappa shape index (κ1) is 15.0. The molecule has 1 aromatic heterocycles. The second-order valence-electron chi connectivity index (χ2n) is 5.60. The Morgan fingerprint density at radius 3 is 2.84 bits per heavy atom. The molecule has 1 aromatic rings. The lowest BCUT2D eigenvalue weighted by Gasteiger charge is -2.18. The molecular formula is C15H26BrN3. The number of aryl methyl sites for hydroxylation is 1. The average Bonchev–Trinajstić information content (AvgIpc) is 3.18. The Kier molecular flexibility index (Phi) is 5.89. The maximum absolute atomic E-state index is 4.46. The van der Waals surface area contributed by atoms with Gasteiger partial charge in [-0.05, 0) is 66.9 Å². The molecule has 0 radical (unpaired) electrons. The van der Waals surface area contributed by atoms with Crippen molar-refractivity contribution < 1.29 is 0 Å². The van der Waals surface area contributed by atoms with Gasteiger partial charge >= 0.3 is 0 Å². The molecule has 1 aliphatic carbocycles. The van der Waals surface area contributed by atoms with Crippen LogP contribution in [0.4, 0.5) is 0 Å². The maximum atomic E-state index is 4.46. The van der Waals surface area contributed by atoms with E-state index in [4.69, 9.17) is 0 Å². The summed E-state index contributed by atoms with van der Waals surface area (Å²) >= 11 is 3.64. The van der Waals surface area contributed by atoms with Crippen molar-refractivity contribution in [3.05, 3.63) is 16.4 Å². The topological polar surface area (TPSA) is 29.9 Å². The second kappa shape index (κ2) is 7.44. The van der Waals surface area contributed by atoms with E-state index in [2.05, 4.69) is 44.9 Å². The Morgan fingerprint density at radius 1 is 1.42 bits per heavy atom. The number of rotatable bonds is 9. The van der Waals surface area contributed by atoms with Gasteiger partial charge in [0, 0.05) is 12.6 Å². The molecule has 0 aliphatic heterocycles. The van der Waals surface area contributed by atoms with Crippen molar-refractivity contribution in [3.63, 3.8) is 0 Å². The van der Waals surface area contributed by atoms with Crippen LogP contribution in [0.5, 0.6) is 0 Å². The highest BCUT2D eigenvalue weighted by atomic mass is 79.9. The molecule has 0 spiro atoms. The fraction of sp³-hybridized carbons (Fsp3) is 0.800. The quantitative estimate of drug-likeness (QED) is 0.748. The Bertz CT molecular complexity index is 385. The molecule has 1 saturated carbocycles. The molecule has 0 amide bonds. The summed E-state index contributed by atoms with van der Waals surface area (Å²) in [6, 6.07) is 0.705. The largest absolute Gasteiger partial charge is 0.314 e. The van der Waals surface area contributed by atoms with Crippen LogP contribution in [0.1, 0.15) is 51.6 Å². The van der Waals surface area contributed by atoms with E-state index in [1.165, 1.54) is 35.8 Å². The zero-order valence-electron chi connectivity index (χ0n) is 12.2. The molecule has 4 heteroatoms. The predicted molar refractivity (Wildman–Crippen MR) is 83.3 cm³/mol. The van der Waals surface area contributed by atoms with E-state index in [9.17, 15) is 0 Å². The fourth-order valence-corrected chi connectivity index (χ4v) is 3.16. The third-order valence-electron chi connectivity index (χ3n) is 3.87. The minimum atomic E-state index is 0.705. The molecule has 0 aromatic carbocycles. The van der Waals surface area contributed by atoms with Gasteiger partial charge in [-0.2, -0.15) is 5.10 Å². The van der Waals surface area contributed by atoms with Crippen LogP contribution < -0.4 is 5.32 Å². The molecule has 19 heavy (non-hydrogen) atoms. The summed E-state index contributed by atoms with van der Waals surface area (Å²) in [5.74, 6) is 0.924. The Labute approximate surface area is 125 Å². The van der Waals surface area contributed by atoms with Crippen molar-refractivity contribution in [2.45, 2.75) is 65.0 Å². The third kappa shape index (κ3) is 4.32. The smallest absolute Gasteiger partial charge is 0.0635 e. The van der Waals surface area contributed by atoms with Gasteiger partial charge in [-0.1, -0.05) is 13.8 Å². The van der Waals surface area contributed by atoms with Gasteiger partial charge in [-0.3, -0.25) is 4.68 Å². The van der Waals surface area contributed by atoms with Crippen LogP contribution in [-0.4, -0.2) is 22.4 Å². The average molecular weight is 328 g/mol. The second-order valence-corrected chi connectivity index (χ2v) is 6.45. The lowest BCUT2D eigenvalue weighted by molar-refractivity contribution is 0.428. The minimum absolute atomic E-state index is 0.705. The zero-order chi connectivity index (χ0) is 13.7. The normalized spacial score (nSPS) is 16.8. The molecule has 1 atom stereocenters. The van der Waals surface area contributed by atoms with Gasteiger partial charge in [0.2, 0.25) is 0 Å². The van der Waals surface area contributed by atoms with Gasteiger partial charge in [0.25, 0.3) is 0 Å². The maximum Gasteiger partial charge on any atom is 0.0635 e. The van der Waals surface area contributed by atoms with Gasteiger partial charge in [0.15, 0.2) is 0 Å². The summed E-state index contributed by atoms with van der Waals surface area (Å²) in [5, 5.41) is 8.18. The molecule has 0 saturated heterocycles. The SMILES string of the molecule is CCCNC(CCc1c(Br)cnn1CCC)C1CC1. The summed E-state index contributed by atoms with van der Waals surface area (Å²) < 4.78 is 3.33. The number of hydrogen-bond acceptors (Lipinski definition) is 2. The monoisotopic (exact) mass is 327 g/mol. The van der Waals surface area contributed by atoms with Crippen molar-refractivity contribution in [2.24, 2.45) is 5.92 Å². The van der Waals surface area contributed by atoms with Crippen LogP contribution in [0.3, 0.4) is 0 Å². The summed E-state index contributed by atoms with van der Waals surface area (Å²) in [5.41, 5.74) is 1.37. The highest BCUT2D eigenvalue weighted by molar-refractivity contribution is 9.10. The van der Waals surface area contributed by atoms with E-state index in [1.54, 1.807) is 0 Å². The first-order valence-corrected chi connectivity index (χ1v) is 8.49. The van der Waals surface area contributed by atoms with Crippen LogP contribution in [0.25, 0.3) is 0 Å². The summed E-state index contributed by atoms with van der Waals surface area (Å²) in [7, 11) is 0. The van der Waals surface area contributed by atoms with Crippen LogP contribution >= 0.6 is 15.9 Å². The van der Waals surface area contributed by atoms with E-state index in [0.29, 0.717) is 6.04 Å². The van der Waals surface area contributed by atoms with Crippen molar-refractivity contribution in [2.75, 3.05) is 6.54 Å². The molecule has 1 unspecified atom stereocenters. The fourth-order valence-electron chi connectivity index (χ4n) is 2.67. The first-order chi connectivity index (χ1) is 9.26. The van der Waals surface area contributed by atoms with Gasteiger partial charge in [-0.25, -0.2) is 0 Å². The van der Waals surface area contributed by atoms with Crippen molar-refractivity contribution in [1.82, 2.24) is 15.1 Å². The van der Waals surface area contributed by atoms with Crippen molar-refractivity contribution >= 4 is 15.9 Å². The molecule has 1 fully saturated rings. The lowest BCUT2D eigenvalue weighted by atomic mass is 10.0. The van der Waals surface area contributed by atoms with Crippen molar-refractivity contribution in [3.8, 4) is 0 Å². The molecule has 108 valence electrons. The molecule has 3 nitrogen and oxygen atoms in total. The van der Waals surface area contributed by atoms with Gasteiger partial charge < -0.3 is 5.32 Å². The summed E-state index contributed by atoms with van der Waals surface area (Å²) in [6.07, 6.45) is 9.49. The first-order valence-electron chi connectivity index (χ1n) is 7.69. The van der Waals surface area contributed by atoms with E-state index in [-0.39, 0.29) is 0 Å².